The highest BCUT2D eigenvalue weighted by molar-refractivity contribution is 4.75. The first-order valence-corrected chi connectivity index (χ1v) is 5.86. The van der Waals surface area contributed by atoms with E-state index in [0.29, 0.717) is 6.04 Å². The Morgan fingerprint density at radius 1 is 1.33 bits per heavy atom. The van der Waals surface area contributed by atoms with Gasteiger partial charge >= 0.3 is 0 Å². The van der Waals surface area contributed by atoms with Gasteiger partial charge in [0, 0.05) is 52.5 Å². The molecule has 90 valence electrons. The van der Waals surface area contributed by atoms with Crippen molar-refractivity contribution in [3.8, 4) is 0 Å². The van der Waals surface area contributed by atoms with Crippen molar-refractivity contribution in [1.82, 2.24) is 10.2 Å². The molecule has 1 N–H and O–H groups in total. The van der Waals surface area contributed by atoms with Crippen LogP contribution < -0.4 is 5.32 Å². The minimum absolute atomic E-state index is 0.640. The van der Waals surface area contributed by atoms with E-state index in [1.165, 1.54) is 0 Å². The van der Waals surface area contributed by atoms with Gasteiger partial charge in [0.05, 0.1) is 6.61 Å². The van der Waals surface area contributed by atoms with Gasteiger partial charge in [-0.25, -0.2) is 0 Å². The lowest BCUT2D eigenvalue weighted by Crippen LogP contribution is -2.50. The average Bonchev–Trinajstić information content (AvgIpc) is 2.25. The van der Waals surface area contributed by atoms with Crippen molar-refractivity contribution < 1.29 is 9.47 Å². The summed E-state index contributed by atoms with van der Waals surface area (Å²) in [6, 6.07) is 0.640. The van der Waals surface area contributed by atoms with Crippen LogP contribution in [-0.2, 0) is 9.47 Å². The number of ether oxygens (including phenoxy) is 2. The normalized spacial score (nSPS) is 23.2. The van der Waals surface area contributed by atoms with Crippen LogP contribution in [0, 0.1) is 0 Å². The molecule has 0 aromatic carbocycles. The highest BCUT2D eigenvalue weighted by Crippen LogP contribution is 2.01. The van der Waals surface area contributed by atoms with Gasteiger partial charge in [0.15, 0.2) is 0 Å². The molecule has 4 heteroatoms. The molecule has 0 aliphatic carbocycles. The van der Waals surface area contributed by atoms with Gasteiger partial charge in [-0.3, -0.25) is 4.90 Å². The molecular formula is C11H24N2O2. The first kappa shape index (κ1) is 12.9. The summed E-state index contributed by atoms with van der Waals surface area (Å²) in [5.41, 5.74) is 0. The van der Waals surface area contributed by atoms with Crippen LogP contribution in [0.15, 0.2) is 0 Å². The van der Waals surface area contributed by atoms with Crippen molar-refractivity contribution in [3.05, 3.63) is 0 Å². The fraction of sp³-hybridized carbons (Fsp3) is 1.00. The van der Waals surface area contributed by atoms with E-state index in [-0.39, 0.29) is 0 Å². The van der Waals surface area contributed by atoms with Crippen molar-refractivity contribution in [2.24, 2.45) is 0 Å². The Morgan fingerprint density at radius 3 is 2.93 bits per heavy atom. The fourth-order valence-corrected chi connectivity index (χ4v) is 1.80. The van der Waals surface area contributed by atoms with Crippen LogP contribution in [0.4, 0.5) is 0 Å². The Bertz CT molecular complexity index is 156. The van der Waals surface area contributed by atoms with Crippen molar-refractivity contribution in [2.75, 3.05) is 53.1 Å². The zero-order chi connectivity index (χ0) is 10.9. The maximum atomic E-state index is 5.54. The number of nitrogens with zero attached hydrogens (tertiary/aromatic N) is 1. The monoisotopic (exact) mass is 216 g/mol. The third kappa shape index (κ3) is 5.47. The summed E-state index contributed by atoms with van der Waals surface area (Å²) < 4.78 is 10.5. The Labute approximate surface area is 92.9 Å². The lowest BCUT2D eigenvalue weighted by Gasteiger charge is -2.33. The largest absolute Gasteiger partial charge is 0.385 e. The molecule has 1 rings (SSSR count). The zero-order valence-corrected chi connectivity index (χ0v) is 10.00. The van der Waals surface area contributed by atoms with E-state index in [1.807, 2.05) is 0 Å². The lowest BCUT2D eigenvalue weighted by atomic mass is 10.2. The van der Waals surface area contributed by atoms with E-state index in [9.17, 15) is 0 Å². The molecule has 0 saturated carbocycles. The molecule has 1 saturated heterocycles. The average molecular weight is 216 g/mol. The third-order valence-electron chi connectivity index (χ3n) is 2.80. The molecular weight excluding hydrogens is 192 g/mol. The molecule has 0 aromatic rings. The summed E-state index contributed by atoms with van der Waals surface area (Å²) >= 11 is 0. The number of piperazine rings is 1. The summed E-state index contributed by atoms with van der Waals surface area (Å²) in [6.07, 6.45) is 0.994. The van der Waals surface area contributed by atoms with E-state index in [1.54, 1.807) is 7.11 Å². The second-order valence-electron chi connectivity index (χ2n) is 4.05. The molecule has 0 bridgehead atoms. The van der Waals surface area contributed by atoms with Gasteiger partial charge in [0.1, 0.15) is 0 Å². The van der Waals surface area contributed by atoms with Crippen LogP contribution in [0.2, 0.25) is 0 Å². The van der Waals surface area contributed by atoms with E-state index in [0.717, 1.165) is 52.4 Å². The van der Waals surface area contributed by atoms with E-state index >= 15 is 0 Å². The van der Waals surface area contributed by atoms with Crippen LogP contribution in [0.25, 0.3) is 0 Å². The van der Waals surface area contributed by atoms with Gasteiger partial charge in [0.2, 0.25) is 0 Å². The topological polar surface area (TPSA) is 33.7 Å². The lowest BCUT2D eigenvalue weighted by molar-refractivity contribution is 0.0682. The minimum atomic E-state index is 0.640. The summed E-state index contributed by atoms with van der Waals surface area (Å²) in [5, 5.41) is 3.38. The predicted octanol–water partition coefficient (Wildman–Crippen LogP) is 0.333. The molecule has 0 unspecified atom stereocenters. The molecule has 0 radical (unpaired) electrons. The Morgan fingerprint density at radius 2 is 2.20 bits per heavy atom. The summed E-state index contributed by atoms with van der Waals surface area (Å²) in [7, 11) is 1.72. The molecule has 0 aromatic heterocycles. The molecule has 4 nitrogen and oxygen atoms in total. The van der Waals surface area contributed by atoms with Crippen molar-refractivity contribution >= 4 is 0 Å². The van der Waals surface area contributed by atoms with Gasteiger partial charge in [-0.15, -0.1) is 0 Å². The molecule has 1 heterocycles. The zero-order valence-electron chi connectivity index (χ0n) is 10.00. The molecule has 0 spiro atoms. The number of rotatable bonds is 7. The molecule has 15 heavy (non-hydrogen) atoms. The van der Waals surface area contributed by atoms with Crippen molar-refractivity contribution in [1.29, 1.82) is 0 Å². The number of nitrogens with one attached hydrogen (secondary N) is 1. The maximum Gasteiger partial charge on any atom is 0.0593 e. The second-order valence-corrected chi connectivity index (χ2v) is 4.05. The predicted molar refractivity (Wildman–Crippen MR) is 61.2 cm³/mol. The third-order valence-corrected chi connectivity index (χ3v) is 2.80. The van der Waals surface area contributed by atoms with Gasteiger partial charge in [-0.05, 0) is 13.3 Å². The van der Waals surface area contributed by atoms with Crippen LogP contribution in [0.3, 0.4) is 0 Å². The second kappa shape index (κ2) is 8.05. The SMILES string of the molecule is COCCCOCCN1CCNC[C@H]1C. The molecule has 0 amide bonds. The Kier molecular flexibility index (Phi) is 6.92. The van der Waals surface area contributed by atoms with E-state index in [4.69, 9.17) is 9.47 Å². The summed E-state index contributed by atoms with van der Waals surface area (Å²) in [6.45, 7) is 9.11. The number of hydrogen-bond donors (Lipinski definition) is 1. The molecule has 1 fully saturated rings. The Hall–Kier alpha value is -0.160. The standard InChI is InChI=1S/C11H24N2O2/c1-11-10-12-4-5-13(11)6-9-15-8-3-7-14-2/h11-12H,3-10H2,1-2H3/t11-/m1/s1. The van der Waals surface area contributed by atoms with Crippen LogP contribution in [-0.4, -0.2) is 64.1 Å². The first-order chi connectivity index (χ1) is 7.34. The fourth-order valence-electron chi connectivity index (χ4n) is 1.80. The van der Waals surface area contributed by atoms with Gasteiger partial charge in [0.25, 0.3) is 0 Å². The van der Waals surface area contributed by atoms with Crippen molar-refractivity contribution in [3.63, 3.8) is 0 Å². The van der Waals surface area contributed by atoms with Gasteiger partial charge in [-0.2, -0.15) is 0 Å². The van der Waals surface area contributed by atoms with Crippen molar-refractivity contribution in [2.45, 2.75) is 19.4 Å². The molecule has 1 aliphatic rings. The van der Waals surface area contributed by atoms with E-state index in [2.05, 4.69) is 17.1 Å². The molecule has 1 atom stereocenters. The number of hydrogen-bond acceptors (Lipinski definition) is 4. The summed E-state index contributed by atoms with van der Waals surface area (Å²) in [4.78, 5) is 2.48. The molecule has 1 aliphatic heterocycles. The quantitative estimate of drug-likeness (QED) is 0.622. The smallest absolute Gasteiger partial charge is 0.0593 e. The van der Waals surface area contributed by atoms with E-state index < -0.39 is 0 Å². The maximum absolute atomic E-state index is 5.54. The highest BCUT2D eigenvalue weighted by Gasteiger charge is 2.16. The van der Waals surface area contributed by atoms with Crippen LogP contribution >= 0.6 is 0 Å². The van der Waals surface area contributed by atoms with Gasteiger partial charge in [-0.1, -0.05) is 0 Å². The van der Waals surface area contributed by atoms with Crippen LogP contribution in [0.1, 0.15) is 13.3 Å². The summed E-state index contributed by atoms with van der Waals surface area (Å²) in [5.74, 6) is 0. The first-order valence-electron chi connectivity index (χ1n) is 5.86. The van der Waals surface area contributed by atoms with Crippen LogP contribution in [0.5, 0.6) is 0 Å². The minimum Gasteiger partial charge on any atom is -0.385 e. The van der Waals surface area contributed by atoms with Gasteiger partial charge < -0.3 is 14.8 Å². The Balaban J connectivity index is 1.94. The highest BCUT2D eigenvalue weighted by atomic mass is 16.5. The number of methoxy groups -OCH3 is 1.